The van der Waals surface area contributed by atoms with Gasteiger partial charge in [-0.2, -0.15) is 0 Å². The van der Waals surface area contributed by atoms with Gasteiger partial charge in [-0.3, -0.25) is 0 Å². The molecule has 0 unspecified atom stereocenters. The van der Waals surface area contributed by atoms with Crippen molar-refractivity contribution in [2.45, 2.75) is 20.3 Å². The molecule has 0 aromatic carbocycles. The molecule has 0 aromatic heterocycles. The molecule has 0 radical (unpaired) electrons. The lowest BCUT2D eigenvalue weighted by molar-refractivity contribution is 0.576. The smallest absolute Gasteiger partial charge is 0.0912 e. The average Bonchev–Trinajstić information content (AvgIpc) is 1.94. The lowest BCUT2D eigenvalue weighted by atomic mass is 10.4. The first kappa shape index (κ1) is 8.34. The maximum Gasteiger partial charge on any atom is 0.0912 e. The summed E-state index contributed by atoms with van der Waals surface area (Å²) in [6, 6.07) is 0. The van der Waals surface area contributed by atoms with E-state index in [2.05, 4.69) is 17.2 Å². The minimum Gasteiger partial charge on any atom is -0.372 e. The molecule has 0 atom stereocenters. The van der Waals surface area contributed by atoms with Crippen molar-refractivity contribution in [1.82, 2.24) is 10.6 Å². The third-order valence-corrected chi connectivity index (χ3v) is 1.03. The van der Waals surface area contributed by atoms with Crippen LogP contribution in [0.1, 0.15) is 20.3 Å². The summed E-state index contributed by atoms with van der Waals surface area (Å²) < 4.78 is 0. The molecule has 0 aromatic rings. The predicted octanol–water partition coefficient (Wildman–Crippen LogP) is 1.07. The van der Waals surface area contributed by atoms with Gasteiger partial charge < -0.3 is 10.6 Å². The molecule has 0 bridgehead atoms. The molecule has 1 aliphatic heterocycles. The molecule has 1 heterocycles. The van der Waals surface area contributed by atoms with Crippen LogP contribution in [-0.4, -0.2) is 13.1 Å². The second-order valence-electron chi connectivity index (χ2n) is 1.69. The Morgan fingerprint density at radius 3 is 1.89 bits per heavy atom. The number of nitrogens with one attached hydrogen (secondary N) is 2. The molecule has 2 heteroatoms. The zero-order valence-corrected chi connectivity index (χ0v) is 6.33. The Hall–Kier alpha value is -0.660. The van der Waals surface area contributed by atoms with E-state index in [-0.39, 0.29) is 0 Å². The van der Waals surface area contributed by atoms with Crippen LogP contribution in [0.2, 0.25) is 0 Å². The Kier molecular flexibility index (Phi) is 5.07. The average molecular weight is 128 g/mol. The fraction of sp³-hybridized carbons (Fsp3) is 0.714. The molecule has 1 saturated heterocycles. The third kappa shape index (κ3) is 3.88. The summed E-state index contributed by atoms with van der Waals surface area (Å²) in [4.78, 5) is 0. The van der Waals surface area contributed by atoms with Crippen molar-refractivity contribution in [2.24, 2.45) is 0 Å². The van der Waals surface area contributed by atoms with Gasteiger partial charge in [0.15, 0.2) is 0 Å². The number of hydrogen-bond acceptors (Lipinski definition) is 2. The van der Waals surface area contributed by atoms with E-state index in [0.717, 1.165) is 18.9 Å². The number of hydrogen-bond donors (Lipinski definition) is 2. The molecule has 0 spiro atoms. The van der Waals surface area contributed by atoms with Crippen LogP contribution in [0.25, 0.3) is 0 Å². The summed E-state index contributed by atoms with van der Waals surface area (Å²) in [5, 5.41) is 6.15. The van der Waals surface area contributed by atoms with Crippen LogP contribution in [0.15, 0.2) is 12.4 Å². The summed E-state index contributed by atoms with van der Waals surface area (Å²) in [6.07, 6.45) is 1.21. The zero-order chi connectivity index (χ0) is 7.11. The highest BCUT2D eigenvalue weighted by molar-refractivity contribution is 4.90. The molecular weight excluding hydrogens is 112 g/mol. The molecular formula is C7H16N2. The van der Waals surface area contributed by atoms with E-state index in [1.54, 1.807) is 0 Å². The van der Waals surface area contributed by atoms with Gasteiger partial charge in [-0.05, 0) is 6.42 Å². The van der Waals surface area contributed by atoms with E-state index in [0.29, 0.717) is 0 Å². The van der Waals surface area contributed by atoms with Crippen LogP contribution in [-0.2, 0) is 0 Å². The van der Waals surface area contributed by atoms with Crippen molar-refractivity contribution in [3.63, 3.8) is 0 Å². The quantitative estimate of drug-likeness (QED) is 0.510. The first-order valence-electron chi connectivity index (χ1n) is 3.56. The minimum absolute atomic E-state index is 0.964. The van der Waals surface area contributed by atoms with Crippen LogP contribution in [0.5, 0.6) is 0 Å². The molecule has 2 nitrogen and oxygen atoms in total. The highest BCUT2D eigenvalue weighted by Crippen LogP contribution is 1.85. The fourth-order valence-corrected chi connectivity index (χ4v) is 0.629. The Bertz CT molecular complexity index is 71.0. The predicted molar refractivity (Wildman–Crippen MR) is 41.1 cm³/mol. The van der Waals surface area contributed by atoms with Crippen LogP contribution >= 0.6 is 0 Å². The normalized spacial score (nSPS) is 16.4. The lowest BCUT2D eigenvalue weighted by Gasteiger charge is -2.16. The van der Waals surface area contributed by atoms with Crippen LogP contribution in [0.3, 0.4) is 0 Å². The van der Waals surface area contributed by atoms with Crippen molar-refractivity contribution < 1.29 is 0 Å². The van der Waals surface area contributed by atoms with E-state index < -0.39 is 0 Å². The highest BCUT2D eigenvalue weighted by atomic mass is 15.1. The van der Waals surface area contributed by atoms with Gasteiger partial charge in [-0.1, -0.05) is 20.4 Å². The summed E-state index contributed by atoms with van der Waals surface area (Å²) in [5.74, 6) is 0.964. The van der Waals surface area contributed by atoms with Crippen molar-refractivity contribution in [3.05, 3.63) is 12.4 Å². The molecule has 0 amide bonds. The topological polar surface area (TPSA) is 24.1 Å². The second-order valence-corrected chi connectivity index (χ2v) is 1.69. The Labute approximate surface area is 57.3 Å². The molecule has 9 heavy (non-hydrogen) atoms. The maximum atomic E-state index is 3.69. The minimum atomic E-state index is 0.964. The molecule has 0 saturated carbocycles. The van der Waals surface area contributed by atoms with Gasteiger partial charge in [0.25, 0.3) is 0 Å². The Balaban J connectivity index is 0.000000291. The molecule has 2 N–H and O–H groups in total. The second kappa shape index (κ2) is 5.48. The molecule has 1 fully saturated rings. The zero-order valence-electron chi connectivity index (χ0n) is 6.33. The molecule has 54 valence electrons. The summed E-state index contributed by atoms with van der Waals surface area (Å²) in [7, 11) is 0. The van der Waals surface area contributed by atoms with Crippen molar-refractivity contribution in [1.29, 1.82) is 0 Å². The number of rotatable bonds is 0. The van der Waals surface area contributed by atoms with Gasteiger partial charge in [-0.25, -0.2) is 0 Å². The molecule has 0 aliphatic carbocycles. The molecule has 1 rings (SSSR count). The molecule has 1 aliphatic rings. The van der Waals surface area contributed by atoms with Gasteiger partial charge in [0, 0.05) is 13.1 Å². The van der Waals surface area contributed by atoms with E-state index in [1.165, 1.54) is 6.42 Å². The largest absolute Gasteiger partial charge is 0.372 e. The van der Waals surface area contributed by atoms with E-state index >= 15 is 0 Å². The van der Waals surface area contributed by atoms with Crippen molar-refractivity contribution in [2.75, 3.05) is 13.1 Å². The summed E-state index contributed by atoms with van der Waals surface area (Å²) in [6.45, 7) is 9.84. The maximum absolute atomic E-state index is 3.69. The van der Waals surface area contributed by atoms with Crippen LogP contribution in [0, 0.1) is 0 Å². The summed E-state index contributed by atoms with van der Waals surface area (Å²) >= 11 is 0. The first-order valence-corrected chi connectivity index (χ1v) is 3.56. The van der Waals surface area contributed by atoms with Crippen molar-refractivity contribution in [3.8, 4) is 0 Å². The van der Waals surface area contributed by atoms with Gasteiger partial charge in [0.05, 0.1) is 5.82 Å². The van der Waals surface area contributed by atoms with E-state index in [4.69, 9.17) is 0 Å². The van der Waals surface area contributed by atoms with E-state index in [9.17, 15) is 0 Å². The first-order chi connectivity index (χ1) is 4.39. The van der Waals surface area contributed by atoms with Crippen LogP contribution < -0.4 is 10.6 Å². The SMILES string of the molecule is C=C1NCCCN1.CC. The lowest BCUT2D eigenvalue weighted by Crippen LogP contribution is -2.34. The highest BCUT2D eigenvalue weighted by Gasteiger charge is 1.96. The van der Waals surface area contributed by atoms with Gasteiger partial charge in [0.2, 0.25) is 0 Å². The van der Waals surface area contributed by atoms with Gasteiger partial charge >= 0.3 is 0 Å². The Morgan fingerprint density at radius 2 is 1.67 bits per heavy atom. The summed E-state index contributed by atoms with van der Waals surface area (Å²) in [5.41, 5.74) is 0. The van der Waals surface area contributed by atoms with Crippen LogP contribution in [0.4, 0.5) is 0 Å². The van der Waals surface area contributed by atoms with E-state index in [1.807, 2.05) is 13.8 Å². The van der Waals surface area contributed by atoms with Crippen molar-refractivity contribution >= 4 is 0 Å². The third-order valence-electron chi connectivity index (χ3n) is 1.03. The standard InChI is InChI=1S/C5H10N2.C2H6/c1-5-6-3-2-4-7-5;1-2/h6-7H,1-4H2;1-2H3. The fourth-order valence-electron chi connectivity index (χ4n) is 0.629. The monoisotopic (exact) mass is 128 g/mol. The Morgan fingerprint density at radius 1 is 1.22 bits per heavy atom. The van der Waals surface area contributed by atoms with Gasteiger partial charge in [-0.15, -0.1) is 0 Å². The van der Waals surface area contributed by atoms with Gasteiger partial charge in [0.1, 0.15) is 0 Å².